The molecule has 0 aromatic carbocycles. The predicted octanol–water partition coefficient (Wildman–Crippen LogP) is 3.44. The van der Waals surface area contributed by atoms with E-state index in [1.54, 1.807) is 0 Å². The van der Waals surface area contributed by atoms with E-state index in [9.17, 15) is 4.57 Å². The van der Waals surface area contributed by atoms with Crippen molar-refractivity contribution in [3.05, 3.63) is 48.1 Å². The Morgan fingerprint density at radius 1 is 1.40 bits per heavy atom. The monoisotopic (exact) mass is 314 g/mol. The zero-order chi connectivity index (χ0) is 14.6. The van der Waals surface area contributed by atoms with Crippen LogP contribution in [0, 0.1) is 5.92 Å². The Morgan fingerprint density at radius 3 is 2.85 bits per heavy atom. The summed E-state index contributed by atoms with van der Waals surface area (Å²) in [5.41, 5.74) is 1.10. The Hall–Kier alpha value is -0.580. The molecule has 0 radical (unpaired) electrons. The molecule has 0 aromatic rings. The van der Waals surface area contributed by atoms with Crippen molar-refractivity contribution < 1.29 is 18.7 Å². The summed E-state index contributed by atoms with van der Waals surface area (Å²) in [4.78, 5) is 9.05. The van der Waals surface area contributed by atoms with Gasteiger partial charge < -0.3 is 9.63 Å². The van der Waals surface area contributed by atoms with Gasteiger partial charge in [-0.1, -0.05) is 61.7 Å². The van der Waals surface area contributed by atoms with Gasteiger partial charge in [0, 0.05) is 0 Å². The van der Waals surface area contributed by atoms with Crippen LogP contribution in [0.25, 0.3) is 0 Å². The van der Waals surface area contributed by atoms with E-state index >= 15 is 0 Å². The summed E-state index contributed by atoms with van der Waals surface area (Å²) in [5, 5.41) is 0. The molecule has 0 bridgehead atoms. The fourth-order valence-electron chi connectivity index (χ4n) is 2.27. The van der Waals surface area contributed by atoms with E-state index in [4.69, 9.17) is 14.2 Å². The number of hydrogen-bond acceptors (Lipinski definition) is 3. The van der Waals surface area contributed by atoms with E-state index in [1.165, 1.54) is 0 Å². The van der Waals surface area contributed by atoms with Crippen LogP contribution in [0.4, 0.5) is 0 Å². The first kappa shape index (κ1) is 15.8. The van der Waals surface area contributed by atoms with Crippen LogP contribution in [0.2, 0.25) is 0 Å². The molecule has 1 unspecified atom stereocenters. The fraction of sp³-hybridized carbons (Fsp3) is 0.429. The molecule has 1 saturated heterocycles. The van der Waals surface area contributed by atoms with Crippen LogP contribution in [-0.2, 0) is 13.8 Å². The van der Waals surface area contributed by atoms with E-state index in [0.29, 0.717) is 0 Å². The standard InChI is InChI=1S/C14H19O4PS/c1-11-9-13(12-7-5-3-2-4-6-8-12)18-14(11)10-17-19(15,16)20/h2-8,11,13-14H,9-10H2,1H3,(H2,15,16,20)/b3-2-,4-2?,5-3?,6-4-,7-5-,8-6?,12-7?,12-8+/t11-,13-,14-/m1/s1. The lowest BCUT2D eigenvalue weighted by Crippen LogP contribution is -2.20. The smallest absolute Gasteiger partial charge is 0.368 e. The van der Waals surface area contributed by atoms with Gasteiger partial charge in [-0.2, -0.15) is 0 Å². The minimum absolute atomic E-state index is 0.0102. The van der Waals surface area contributed by atoms with Crippen LogP contribution in [0.15, 0.2) is 48.1 Å². The van der Waals surface area contributed by atoms with E-state index in [-0.39, 0.29) is 24.7 Å². The molecule has 0 aromatic heterocycles. The molecule has 2 rings (SSSR count). The highest BCUT2D eigenvalue weighted by molar-refractivity contribution is 8.44. The van der Waals surface area contributed by atoms with Crippen LogP contribution >= 0.6 is 19.0 Å². The third-order valence-electron chi connectivity index (χ3n) is 3.36. The summed E-state index contributed by atoms with van der Waals surface area (Å²) >= 11 is 3.50. The van der Waals surface area contributed by atoms with Crippen molar-refractivity contribution >= 4 is 19.0 Å². The van der Waals surface area contributed by atoms with Crippen molar-refractivity contribution in [1.29, 1.82) is 0 Å². The van der Waals surface area contributed by atoms with E-state index in [0.717, 1.165) is 12.0 Å². The number of rotatable bonds is 4. The topological polar surface area (TPSA) is 55.8 Å². The van der Waals surface area contributed by atoms with Crippen molar-refractivity contribution in [1.82, 2.24) is 0 Å². The first-order chi connectivity index (χ1) is 9.46. The predicted molar refractivity (Wildman–Crippen MR) is 82.7 cm³/mol. The molecule has 0 saturated carbocycles. The molecule has 1 fully saturated rings. The van der Waals surface area contributed by atoms with E-state index in [2.05, 4.69) is 19.2 Å². The van der Waals surface area contributed by atoms with Crippen LogP contribution in [0.3, 0.4) is 0 Å². The molecule has 0 spiro atoms. The van der Waals surface area contributed by atoms with Crippen molar-refractivity contribution in [2.45, 2.75) is 25.6 Å². The lowest BCUT2D eigenvalue weighted by Gasteiger charge is -2.17. The van der Waals surface area contributed by atoms with Crippen LogP contribution in [-0.4, -0.2) is 23.7 Å². The zero-order valence-corrected chi connectivity index (χ0v) is 13.0. The highest BCUT2D eigenvalue weighted by atomic mass is 32.7. The second kappa shape index (κ2) is 6.92. The van der Waals surface area contributed by atoms with Crippen LogP contribution in [0.1, 0.15) is 13.3 Å². The van der Waals surface area contributed by atoms with E-state index in [1.807, 2.05) is 42.5 Å². The second-order valence-electron chi connectivity index (χ2n) is 4.96. The zero-order valence-electron chi connectivity index (χ0n) is 11.3. The largest absolute Gasteiger partial charge is 0.383 e. The molecule has 6 heteroatoms. The van der Waals surface area contributed by atoms with Crippen molar-refractivity contribution in [3.63, 3.8) is 0 Å². The summed E-state index contributed by atoms with van der Waals surface area (Å²) < 4.78 is 21.8. The lowest BCUT2D eigenvalue weighted by molar-refractivity contribution is 0.0218. The first-order valence-corrected chi connectivity index (χ1v) is 9.26. The molecule has 1 N–H and O–H groups in total. The number of ether oxygens (including phenoxy) is 1. The third kappa shape index (κ3) is 4.76. The highest BCUT2D eigenvalue weighted by Crippen LogP contribution is 2.47. The molecule has 1 aliphatic carbocycles. The number of allylic oxidation sites excluding steroid dienone is 6. The Bertz CT molecular complexity index is 503. The molecular formula is C14H19O4PS. The minimum atomic E-state index is -3.74. The van der Waals surface area contributed by atoms with Gasteiger partial charge in [0.2, 0.25) is 0 Å². The van der Waals surface area contributed by atoms with Crippen LogP contribution in [0.5, 0.6) is 0 Å². The first-order valence-electron chi connectivity index (χ1n) is 6.53. The SMILES string of the molecule is C[C@@H]1C[C@H](C2=C/C=C\C=C/C=C\2)O[C@@H]1COP(=O)(O)S. The normalized spacial score (nSPS) is 40.0. The molecular weight excluding hydrogens is 295 g/mol. The number of thiol groups is 1. The molecule has 1 heterocycles. The molecule has 4 nitrogen and oxygen atoms in total. The second-order valence-corrected chi connectivity index (χ2v) is 7.71. The summed E-state index contributed by atoms with van der Waals surface area (Å²) in [6, 6.07) is 0. The fourth-order valence-corrected chi connectivity index (χ4v) is 2.82. The molecule has 2 aliphatic rings. The van der Waals surface area contributed by atoms with E-state index < -0.39 is 6.80 Å². The third-order valence-corrected chi connectivity index (χ3v) is 4.19. The molecule has 4 atom stereocenters. The lowest BCUT2D eigenvalue weighted by atomic mass is 9.97. The van der Waals surface area contributed by atoms with Gasteiger partial charge in [0.05, 0.1) is 18.8 Å². The average molecular weight is 314 g/mol. The molecule has 0 amide bonds. The van der Waals surface area contributed by atoms with Gasteiger partial charge in [0.1, 0.15) is 0 Å². The Labute approximate surface area is 124 Å². The van der Waals surface area contributed by atoms with Gasteiger partial charge in [0.15, 0.2) is 0 Å². The Balaban J connectivity index is 1.97. The van der Waals surface area contributed by atoms with Gasteiger partial charge in [-0.3, -0.25) is 4.52 Å². The minimum Gasteiger partial charge on any atom is -0.368 e. The van der Waals surface area contributed by atoms with Gasteiger partial charge in [-0.15, -0.1) is 0 Å². The van der Waals surface area contributed by atoms with Gasteiger partial charge >= 0.3 is 6.80 Å². The van der Waals surface area contributed by atoms with Gasteiger partial charge in [-0.25, -0.2) is 4.57 Å². The summed E-state index contributed by atoms with van der Waals surface area (Å²) in [7, 11) is 0. The summed E-state index contributed by atoms with van der Waals surface area (Å²) in [6.45, 7) is -1.61. The highest BCUT2D eigenvalue weighted by Gasteiger charge is 2.34. The average Bonchev–Trinajstić information content (AvgIpc) is 2.66. The van der Waals surface area contributed by atoms with Crippen LogP contribution < -0.4 is 0 Å². The maximum atomic E-state index is 11.0. The van der Waals surface area contributed by atoms with Crippen molar-refractivity contribution in [2.24, 2.45) is 5.92 Å². The molecule has 20 heavy (non-hydrogen) atoms. The molecule has 1 aliphatic heterocycles. The Morgan fingerprint density at radius 2 is 2.10 bits per heavy atom. The van der Waals surface area contributed by atoms with Gasteiger partial charge in [-0.05, 0) is 17.9 Å². The number of hydrogen-bond donors (Lipinski definition) is 2. The maximum absolute atomic E-state index is 11.0. The Kier molecular flexibility index (Phi) is 5.47. The maximum Gasteiger partial charge on any atom is 0.383 e. The quantitative estimate of drug-likeness (QED) is 0.616. The van der Waals surface area contributed by atoms with Gasteiger partial charge in [0.25, 0.3) is 0 Å². The summed E-state index contributed by atoms with van der Waals surface area (Å²) in [5.74, 6) is 0.263. The molecule has 110 valence electrons. The van der Waals surface area contributed by atoms with Crippen molar-refractivity contribution in [3.8, 4) is 0 Å². The summed E-state index contributed by atoms with van der Waals surface area (Å²) in [6.07, 6.45) is 14.6. The van der Waals surface area contributed by atoms with Crippen molar-refractivity contribution in [2.75, 3.05) is 6.61 Å².